The highest BCUT2D eigenvalue weighted by Crippen LogP contribution is 2.27. The molecule has 1 aromatic heterocycles. The Morgan fingerprint density at radius 3 is 2.46 bits per heavy atom. The highest BCUT2D eigenvalue weighted by molar-refractivity contribution is 5.91. The van der Waals surface area contributed by atoms with Crippen molar-refractivity contribution in [2.45, 2.75) is 33.3 Å². The predicted octanol–water partition coefficient (Wildman–Crippen LogP) is 2.33. The van der Waals surface area contributed by atoms with Crippen LogP contribution in [0.15, 0.2) is 12.3 Å². The van der Waals surface area contributed by atoms with Gasteiger partial charge in [-0.25, -0.2) is 9.78 Å². The van der Waals surface area contributed by atoms with Crippen molar-refractivity contribution in [1.29, 1.82) is 0 Å². The lowest BCUT2D eigenvalue weighted by Gasteiger charge is -2.21. The minimum atomic E-state index is -0.622. The lowest BCUT2D eigenvalue weighted by Crippen LogP contribution is -2.27. The summed E-state index contributed by atoms with van der Waals surface area (Å²) in [5.41, 5.74) is -0.245. The lowest BCUT2D eigenvalue weighted by molar-refractivity contribution is -0.114. The van der Waals surface area contributed by atoms with Gasteiger partial charge in [-0.05, 0) is 34.9 Å². The van der Waals surface area contributed by atoms with E-state index in [0.29, 0.717) is 30.4 Å². The first-order valence-corrected chi connectivity index (χ1v) is 7.62. The molecule has 0 aliphatic rings. The fraction of sp³-hybridized carbons (Fsp3) is 0.562. The minimum Gasteiger partial charge on any atom is -0.488 e. The van der Waals surface area contributed by atoms with E-state index in [0.717, 1.165) is 0 Å². The molecule has 8 heteroatoms. The number of anilines is 2. The van der Waals surface area contributed by atoms with E-state index in [1.54, 1.807) is 20.8 Å². The Balaban J connectivity index is 2.92. The monoisotopic (exact) mass is 338 g/mol. The van der Waals surface area contributed by atoms with Gasteiger partial charge in [0.1, 0.15) is 18.0 Å². The van der Waals surface area contributed by atoms with Crippen molar-refractivity contribution in [3.05, 3.63) is 12.3 Å². The molecule has 2 amide bonds. The summed E-state index contributed by atoms with van der Waals surface area (Å²) in [5.74, 6) is 0.456. The number of likely N-dealkylation sites (N-methyl/N-ethyl adjacent to an activating group) is 1. The standard InChI is InChI=1S/C16H26N4O4/c1-11(21)18-14-9-12(19-15(22)24-16(2,3)4)13(10-17-14)23-8-7-20(5)6/h9-10H,7-8H2,1-6H3,(H2,17,18,19,21,22). The Morgan fingerprint density at radius 2 is 1.92 bits per heavy atom. The fourth-order valence-electron chi connectivity index (χ4n) is 1.66. The molecular weight excluding hydrogens is 312 g/mol. The number of carbonyl (C=O) groups is 2. The number of pyridine rings is 1. The fourth-order valence-corrected chi connectivity index (χ4v) is 1.66. The number of aromatic nitrogens is 1. The summed E-state index contributed by atoms with van der Waals surface area (Å²) in [6.07, 6.45) is 0.841. The average molecular weight is 338 g/mol. The quantitative estimate of drug-likeness (QED) is 0.827. The molecule has 0 radical (unpaired) electrons. The Morgan fingerprint density at radius 1 is 1.25 bits per heavy atom. The van der Waals surface area contributed by atoms with E-state index in [9.17, 15) is 9.59 Å². The minimum absolute atomic E-state index is 0.257. The second-order valence-electron chi connectivity index (χ2n) is 6.53. The number of carbonyl (C=O) groups excluding carboxylic acids is 2. The van der Waals surface area contributed by atoms with Gasteiger partial charge in [-0.1, -0.05) is 0 Å². The molecule has 24 heavy (non-hydrogen) atoms. The van der Waals surface area contributed by atoms with Crippen molar-refractivity contribution < 1.29 is 19.1 Å². The molecule has 1 aromatic rings. The molecule has 0 saturated heterocycles. The Labute approximate surface area is 142 Å². The van der Waals surface area contributed by atoms with Crippen LogP contribution in [0.4, 0.5) is 16.3 Å². The highest BCUT2D eigenvalue weighted by Gasteiger charge is 2.18. The van der Waals surface area contributed by atoms with Gasteiger partial charge in [0.25, 0.3) is 0 Å². The second kappa shape index (κ2) is 8.49. The third kappa shape index (κ3) is 7.77. The summed E-state index contributed by atoms with van der Waals surface area (Å²) in [5, 5.41) is 5.19. The molecule has 2 N–H and O–H groups in total. The maximum absolute atomic E-state index is 12.0. The van der Waals surface area contributed by atoms with Crippen LogP contribution in [0.1, 0.15) is 27.7 Å². The van der Waals surface area contributed by atoms with Crippen LogP contribution in [0, 0.1) is 0 Å². The van der Waals surface area contributed by atoms with Gasteiger partial charge in [-0.15, -0.1) is 0 Å². The summed E-state index contributed by atoms with van der Waals surface area (Å²) in [6, 6.07) is 1.52. The zero-order valence-corrected chi connectivity index (χ0v) is 15.1. The first kappa shape index (κ1) is 19.7. The number of ether oxygens (including phenoxy) is 2. The van der Waals surface area contributed by atoms with Crippen molar-refractivity contribution in [2.24, 2.45) is 0 Å². The van der Waals surface area contributed by atoms with Crippen molar-refractivity contribution >= 4 is 23.5 Å². The highest BCUT2D eigenvalue weighted by atomic mass is 16.6. The molecule has 0 aliphatic heterocycles. The first-order valence-electron chi connectivity index (χ1n) is 7.62. The molecule has 0 atom stereocenters. The molecule has 0 spiro atoms. The van der Waals surface area contributed by atoms with Gasteiger partial charge >= 0.3 is 6.09 Å². The molecular formula is C16H26N4O4. The van der Waals surface area contributed by atoms with E-state index >= 15 is 0 Å². The van der Waals surface area contributed by atoms with Crippen LogP contribution in [0.3, 0.4) is 0 Å². The number of amides is 2. The number of nitrogens with zero attached hydrogens (tertiary/aromatic N) is 2. The third-order valence-corrected chi connectivity index (χ3v) is 2.60. The molecule has 1 rings (SSSR count). The van der Waals surface area contributed by atoms with Crippen molar-refractivity contribution in [1.82, 2.24) is 9.88 Å². The van der Waals surface area contributed by atoms with E-state index in [4.69, 9.17) is 9.47 Å². The van der Waals surface area contributed by atoms with E-state index in [1.807, 2.05) is 19.0 Å². The molecule has 1 heterocycles. The Hall–Kier alpha value is -2.35. The number of nitrogens with one attached hydrogen (secondary N) is 2. The maximum atomic E-state index is 12.0. The SMILES string of the molecule is CC(=O)Nc1cc(NC(=O)OC(C)(C)C)c(OCCN(C)C)cn1. The van der Waals surface area contributed by atoms with E-state index in [2.05, 4.69) is 15.6 Å². The molecule has 0 unspecified atom stereocenters. The first-order chi connectivity index (χ1) is 11.1. The maximum Gasteiger partial charge on any atom is 0.412 e. The van der Waals surface area contributed by atoms with Gasteiger partial charge in [0.15, 0.2) is 5.75 Å². The third-order valence-electron chi connectivity index (χ3n) is 2.60. The van der Waals surface area contributed by atoms with Crippen LogP contribution < -0.4 is 15.4 Å². The molecule has 0 bridgehead atoms. The second-order valence-corrected chi connectivity index (χ2v) is 6.53. The van der Waals surface area contributed by atoms with Crippen LogP contribution in [0.25, 0.3) is 0 Å². The topological polar surface area (TPSA) is 92.8 Å². The zero-order chi connectivity index (χ0) is 18.3. The van der Waals surface area contributed by atoms with Gasteiger partial charge in [0.05, 0.1) is 11.9 Å². The van der Waals surface area contributed by atoms with E-state index in [-0.39, 0.29) is 5.91 Å². The van der Waals surface area contributed by atoms with Gasteiger partial charge < -0.3 is 19.7 Å². The smallest absolute Gasteiger partial charge is 0.412 e. The van der Waals surface area contributed by atoms with Gasteiger partial charge in [0.2, 0.25) is 5.91 Å². The number of hydrogen-bond acceptors (Lipinski definition) is 6. The largest absolute Gasteiger partial charge is 0.488 e. The van der Waals surface area contributed by atoms with E-state index in [1.165, 1.54) is 19.2 Å². The van der Waals surface area contributed by atoms with Gasteiger partial charge in [0, 0.05) is 19.5 Å². The van der Waals surface area contributed by atoms with Crippen LogP contribution in [0.5, 0.6) is 5.75 Å². The summed E-state index contributed by atoms with van der Waals surface area (Å²) < 4.78 is 10.9. The van der Waals surface area contributed by atoms with Crippen LogP contribution in [-0.4, -0.2) is 54.7 Å². The van der Waals surface area contributed by atoms with Gasteiger partial charge in [-0.3, -0.25) is 10.1 Å². The molecule has 0 fully saturated rings. The number of rotatable bonds is 6. The summed E-state index contributed by atoms with van der Waals surface area (Å²) >= 11 is 0. The molecule has 0 saturated carbocycles. The van der Waals surface area contributed by atoms with Crippen LogP contribution in [-0.2, 0) is 9.53 Å². The molecule has 8 nitrogen and oxygen atoms in total. The van der Waals surface area contributed by atoms with Crippen molar-refractivity contribution in [2.75, 3.05) is 37.9 Å². The average Bonchev–Trinajstić information content (AvgIpc) is 2.37. The predicted molar refractivity (Wildman–Crippen MR) is 92.4 cm³/mol. The normalized spacial score (nSPS) is 11.1. The van der Waals surface area contributed by atoms with Gasteiger partial charge in [-0.2, -0.15) is 0 Å². The Kier molecular flexibility index (Phi) is 6.97. The number of hydrogen-bond donors (Lipinski definition) is 2. The lowest BCUT2D eigenvalue weighted by atomic mass is 10.2. The van der Waals surface area contributed by atoms with Crippen molar-refractivity contribution in [3.63, 3.8) is 0 Å². The summed E-state index contributed by atoms with van der Waals surface area (Å²) in [7, 11) is 3.86. The molecule has 0 aliphatic carbocycles. The molecule has 134 valence electrons. The Bertz CT molecular complexity index is 582. The van der Waals surface area contributed by atoms with E-state index < -0.39 is 11.7 Å². The summed E-state index contributed by atoms with van der Waals surface area (Å²) in [4.78, 5) is 29.2. The molecule has 0 aromatic carbocycles. The summed E-state index contributed by atoms with van der Waals surface area (Å²) in [6.45, 7) is 7.84. The van der Waals surface area contributed by atoms with Crippen LogP contribution in [0.2, 0.25) is 0 Å². The van der Waals surface area contributed by atoms with Crippen molar-refractivity contribution in [3.8, 4) is 5.75 Å². The van der Waals surface area contributed by atoms with Crippen LogP contribution >= 0.6 is 0 Å². The zero-order valence-electron chi connectivity index (χ0n) is 15.1.